The van der Waals surface area contributed by atoms with Crippen LogP contribution in [0, 0.1) is 0 Å². The summed E-state index contributed by atoms with van der Waals surface area (Å²) in [5, 5.41) is 7.21. The number of nitrogens with two attached hydrogens (primary N) is 1. The van der Waals surface area contributed by atoms with Crippen LogP contribution >= 0.6 is 0 Å². The number of likely N-dealkylation sites (N-methyl/N-ethyl adjacent to an activating group) is 1. The van der Waals surface area contributed by atoms with Crippen molar-refractivity contribution in [3.8, 4) is 0 Å². The van der Waals surface area contributed by atoms with Gasteiger partial charge < -0.3 is 20.9 Å². The summed E-state index contributed by atoms with van der Waals surface area (Å²) in [6.45, 7) is 7.86. The maximum absolute atomic E-state index is 12.7. The second kappa shape index (κ2) is 7.14. The maximum Gasteiger partial charge on any atom is 0.261 e. The monoisotopic (exact) mass is 342 g/mol. The van der Waals surface area contributed by atoms with Gasteiger partial charge in [-0.05, 0) is 33.0 Å². The van der Waals surface area contributed by atoms with Gasteiger partial charge in [-0.15, -0.1) is 0 Å². The van der Waals surface area contributed by atoms with Gasteiger partial charge >= 0.3 is 0 Å². The van der Waals surface area contributed by atoms with Crippen LogP contribution in [0.1, 0.15) is 30.2 Å². The Morgan fingerprint density at radius 1 is 1.20 bits per heavy atom. The number of carbonyl (C=O) groups is 1. The molecule has 1 amide bonds. The SMILES string of the molecule is CC(C)n1ncc(C(=O)Nc2ccccc2N2CCN(C)CC2)c1N. The first-order chi connectivity index (χ1) is 12.0. The maximum atomic E-state index is 12.7. The number of nitrogen functional groups attached to an aromatic ring is 1. The minimum absolute atomic E-state index is 0.110. The van der Waals surface area contributed by atoms with Crippen molar-refractivity contribution in [2.45, 2.75) is 19.9 Å². The van der Waals surface area contributed by atoms with Gasteiger partial charge in [0.25, 0.3) is 5.91 Å². The van der Waals surface area contributed by atoms with E-state index >= 15 is 0 Å². The molecular formula is C18H26N6O. The van der Waals surface area contributed by atoms with Crippen LogP contribution in [0.25, 0.3) is 0 Å². The molecule has 0 aliphatic carbocycles. The zero-order chi connectivity index (χ0) is 18.0. The van der Waals surface area contributed by atoms with Crippen molar-refractivity contribution in [1.82, 2.24) is 14.7 Å². The molecule has 1 saturated heterocycles. The van der Waals surface area contributed by atoms with Crippen LogP contribution in [0.5, 0.6) is 0 Å². The van der Waals surface area contributed by atoms with E-state index in [1.54, 1.807) is 4.68 Å². The molecule has 134 valence electrons. The van der Waals surface area contributed by atoms with Gasteiger partial charge in [-0.1, -0.05) is 12.1 Å². The molecule has 0 spiro atoms. The number of piperazine rings is 1. The largest absolute Gasteiger partial charge is 0.383 e. The normalized spacial score (nSPS) is 15.6. The van der Waals surface area contributed by atoms with Gasteiger partial charge in [0.1, 0.15) is 11.4 Å². The third-order valence-electron chi connectivity index (χ3n) is 4.56. The summed E-state index contributed by atoms with van der Waals surface area (Å²) in [7, 11) is 2.13. The van der Waals surface area contributed by atoms with Gasteiger partial charge in [0.15, 0.2) is 0 Å². The predicted molar refractivity (Wildman–Crippen MR) is 101 cm³/mol. The Labute approximate surface area is 148 Å². The third-order valence-corrected chi connectivity index (χ3v) is 4.56. The Morgan fingerprint density at radius 2 is 1.88 bits per heavy atom. The Kier molecular flexibility index (Phi) is 4.94. The van der Waals surface area contributed by atoms with Crippen molar-refractivity contribution in [2.24, 2.45) is 0 Å². The summed E-state index contributed by atoms with van der Waals surface area (Å²) in [5.74, 6) is 0.163. The van der Waals surface area contributed by atoms with Crippen molar-refractivity contribution < 1.29 is 4.79 Å². The Balaban J connectivity index is 1.80. The van der Waals surface area contributed by atoms with Crippen molar-refractivity contribution in [1.29, 1.82) is 0 Å². The van der Waals surface area contributed by atoms with Crippen LogP contribution in [0.2, 0.25) is 0 Å². The van der Waals surface area contributed by atoms with Gasteiger partial charge in [0.2, 0.25) is 0 Å². The van der Waals surface area contributed by atoms with E-state index < -0.39 is 0 Å². The summed E-state index contributed by atoms with van der Waals surface area (Å²) < 4.78 is 1.65. The topological polar surface area (TPSA) is 79.4 Å². The molecule has 1 aromatic heterocycles. The summed E-state index contributed by atoms with van der Waals surface area (Å²) in [4.78, 5) is 17.3. The zero-order valence-electron chi connectivity index (χ0n) is 15.1. The number of rotatable bonds is 4. The average Bonchev–Trinajstić information content (AvgIpc) is 2.98. The van der Waals surface area contributed by atoms with Crippen LogP contribution in [-0.4, -0.2) is 53.8 Å². The molecule has 3 N–H and O–H groups in total. The second-order valence-electron chi connectivity index (χ2n) is 6.74. The fraction of sp³-hybridized carbons (Fsp3) is 0.444. The molecule has 1 aromatic carbocycles. The molecule has 2 aromatic rings. The van der Waals surface area contributed by atoms with Gasteiger partial charge in [-0.3, -0.25) is 4.79 Å². The standard InChI is InChI=1S/C18H26N6O/c1-13(2)24-17(19)14(12-20-24)18(25)21-15-6-4-5-7-16(15)23-10-8-22(3)9-11-23/h4-7,12-13H,8-11,19H2,1-3H3,(H,21,25). The van der Waals surface area contributed by atoms with Gasteiger partial charge in [0.05, 0.1) is 17.6 Å². The number of nitrogens with one attached hydrogen (secondary N) is 1. The highest BCUT2D eigenvalue weighted by molar-refractivity contribution is 6.08. The number of para-hydroxylation sites is 2. The highest BCUT2D eigenvalue weighted by Crippen LogP contribution is 2.27. The van der Waals surface area contributed by atoms with E-state index in [9.17, 15) is 4.79 Å². The molecule has 0 atom stereocenters. The average molecular weight is 342 g/mol. The van der Waals surface area contributed by atoms with E-state index in [1.807, 2.05) is 38.1 Å². The molecule has 3 rings (SSSR count). The summed E-state index contributed by atoms with van der Waals surface area (Å²) >= 11 is 0. The number of amides is 1. The number of nitrogens with zero attached hydrogens (tertiary/aromatic N) is 4. The zero-order valence-corrected chi connectivity index (χ0v) is 15.1. The first kappa shape index (κ1) is 17.3. The second-order valence-corrected chi connectivity index (χ2v) is 6.74. The Morgan fingerprint density at radius 3 is 2.52 bits per heavy atom. The van der Waals surface area contributed by atoms with E-state index in [2.05, 4.69) is 27.3 Å². The molecule has 2 heterocycles. The highest BCUT2D eigenvalue weighted by atomic mass is 16.1. The Bertz CT molecular complexity index is 746. The lowest BCUT2D eigenvalue weighted by atomic mass is 10.2. The van der Waals surface area contributed by atoms with Gasteiger partial charge in [-0.2, -0.15) is 5.10 Å². The quantitative estimate of drug-likeness (QED) is 0.889. The molecule has 0 saturated carbocycles. The minimum Gasteiger partial charge on any atom is -0.383 e. The smallest absolute Gasteiger partial charge is 0.261 e. The number of carbonyl (C=O) groups excluding carboxylic acids is 1. The number of benzene rings is 1. The van der Waals surface area contributed by atoms with E-state index in [0.29, 0.717) is 11.4 Å². The fourth-order valence-corrected chi connectivity index (χ4v) is 3.05. The van der Waals surface area contributed by atoms with E-state index in [0.717, 1.165) is 37.6 Å². The Hall–Kier alpha value is -2.54. The number of aromatic nitrogens is 2. The number of hydrogen-bond donors (Lipinski definition) is 2. The van der Waals surface area contributed by atoms with Crippen LogP contribution in [0.3, 0.4) is 0 Å². The molecule has 0 radical (unpaired) electrons. The predicted octanol–water partition coefficient (Wildman–Crippen LogP) is 2.05. The van der Waals surface area contributed by atoms with Crippen LogP contribution in [0.15, 0.2) is 30.5 Å². The van der Waals surface area contributed by atoms with Gasteiger partial charge in [0, 0.05) is 32.2 Å². The molecular weight excluding hydrogens is 316 g/mol. The molecule has 7 heteroatoms. The number of anilines is 3. The lowest BCUT2D eigenvalue weighted by Gasteiger charge is -2.35. The third kappa shape index (κ3) is 3.61. The summed E-state index contributed by atoms with van der Waals surface area (Å²) in [6, 6.07) is 8.00. The molecule has 7 nitrogen and oxygen atoms in total. The molecule has 1 aliphatic heterocycles. The fourth-order valence-electron chi connectivity index (χ4n) is 3.05. The lowest BCUT2D eigenvalue weighted by molar-refractivity contribution is 0.102. The first-order valence-corrected chi connectivity index (χ1v) is 8.64. The van der Waals surface area contributed by atoms with Crippen LogP contribution in [0.4, 0.5) is 17.2 Å². The molecule has 1 fully saturated rings. The molecule has 1 aliphatic rings. The van der Waals surface area contributed by atoms with E-state index in [4.69, 9.17) is 5.73 Å². The van der Waals surface area contributed by atoms with Gasteiger partial charge in [-0.25, -0.2) is 4.68 Å². The number of hydrogen-bond acceptors (Lipinski definition) is 5. The van der Waals surface area contributed by atoms with Crippen molar-refractivity contribution >= 4 is 23.1 Å². The van der Waals surface area contributed by atoms with Crippen molar-refractivity contribution in [2.75, 3.05) is 49.2 Å². The molecule has 25 heavy (non-hydrogen) atoms. The van der Waals surface area contributed by atoms with E-state index in [1.165, 1.54) is 6.20 Å². The molecule has 0 unspecified atom stereocenters. The highest BCUT2D eigenvalue weighted by Gasteiger charge is 2.20. The van der Waals surface area contributed by atoms with E-state index in [-0.39, 0.29) is 11.9 Å². The van der Waals surface area contributed by atoms with Crippen molar-refractivity contribution in [3.05, 3.63) is 36.0 Å². The summed E-state index contributed by atoms with van der Waals surface area (Å²) in [6.07, 6.45) is 1.53. The minimum atomic E-state index is -0.231. The lowest BCUT2D eigenvalue weighted by Crippen LogP contribution is -2.44. The summed E-state index contributed by atoms with van der Waals surface area (Å²) in [5.41, 5.74) is 8.32. The molecule has 0 bridgehead atoms. The first-order valence-electron chi connectivity index (χ1n) is 8.64. The van der Waals surface area contributed by atoms with Crippen molar-refractivity contribution in [3.63, 3.8) is 0 Å². The van der Waals surface area contributed by atoms with Crippen LogP contribution < -0.4 is 16.0 Å². The van der Waals surface area contributed by atoms with Crippen LogP contribution in [-0.2, 0) is 0 Å².